The summed E-state index contributed by atoms with van der Waals surface area (Å²) < 4.78 is 0. The Bertz CT molecular complexity index is 596. The van der Waals surface area contributed by atoms with Gasteiger partial charge in [0.05, 0.1) is 5.56 Å². The van der Waals surface area contributed by atoms with Crippen molar-refractivity contribution in [3.63, 3.8) is 0 Å². The van der Waals surface area contributed by atoms with Gasteiger partial charge in [0.25, 0.3) is 5.91 Å². The quantitative estimate of drug-likeness (QED) is 0.906. The molecular weight excluding hydrogens is 274 g/mol. The van der Waals surface area contributed by atoms with Gasteiger partial charge < -0.3 is 4.90 Å². The van der Waals surface area contributed by atoms with Crippen molar-refractivity contribution in [2.75, 3.05) is 26.0 Å². The van der Waals surface area contributed by atoms with Crippen LogP contribution in [-0.4, -0.2) is 46.6 Å². The summed E-state index contributed by atoms with van der Waals surface area (Å²) in [6.07, 6.45) is 4.04. The molecule has 2 aromatic rings. The average Bonchev–Trinajstić information content (AvgIpc) is 2.84. The third-order valence-electron chi connectivity index (χ3n) is 2.74. The van der Waals surface area contributed by atoms with Crippen LogP contribution in [0.25, 0.3) is 0 Å². The second-order valence-corrected chi connectivity index (χ2v) is 5.76. The van der Waals surface area contributed by atoms with Crippen LogP contribution in [0.3, 0.4) is 0 Å². The summed E-state index contributed by atoms with van der Waals surface area (Å²) in [5.41, 5.74) is 1.44. The highest BCUT2D eigenvalue weighted by molar-refractivity contribution is 7.15. The topological polar surface area (TPSA) is 71.0 Å². The molecule has 2 rings (SSSR count). The van der Waals surface area contributed by atoms with Gasteiger partial charge >= 0.3 is 0 Å². The minimum atomic E-state index is -0.203. The number of nitrogens with zero attached hydrogens (tertiary/aromatic N) is 4. The SMILES string of the molecule is Cc1ccncc1C(=O)Nc1nnc(CCN(C)C)s1. The Kier molecular flexibility index (Phi) is 4.75. The van der Waals surface area contributed by atoms with Gasteiger partial charge in [0.2, 0.25) is 5.13 Å². The summed E-state index contributed by atoms with van der Waals surface area (Å²) in [7, 11) is 4.02. The second-order valence-electron chi connectivity index (χ2n) is 4.70. The molecule has 0 aromatic carbocycles. The van der Waals surface area contributed by atoms with Crippen molar-refractivity contribution in [1.82, 2.24) is 20.1 Å². The van der Waals surface area contributed by atoms with Gasteiger partial charge in [0.15, 0.2) is 0 Å². The Morgan fingerprint density at radius 3 is 2.90 bits per heavy atom. The van der Waals surface area contributed by atoms with Crippen molar-refractivity contribution in [3.8, 4) is 0 Å². The van der Waals surface area contributed by atoms with Crippen molar-refractivity contribution in [2.24, 2.45) is 0 Å². The summed E-state index contributed by atoms with van der Waals surface area (Å²) in [5, 5.41) is 12.2. The minimum Gasteiger partial charge on any atom is -0.309 e. The van der Waals surface area contributed by atoms with Crippen LogP contribution in [0, 0.1) is 6.92 Å². The Labute approximate surface area is 121 Å². The molecule has 1 amide bonds. The average molecular weight is 291 g/mol. The first kappa shape index (κ1) is 14.5. The van der Waals surface area contributed by atoms with Crippen LogP contribution in [0.15, 0.2) is 18.5 Å². The number of hydrogen-bond acceptors (Lipinski definition) is 6. The Morgan fingerprint density at radius 2 is 2.20 bits per heavy atom. The van der Waals surface area contributed by atoms with Gasteiger partial charge in [-0.05, 0) is 32.6 Å². The van der Waals surface area contributed by atoms with E-state index >= 15 is 0 Å². The van der Waals surface area contributed by atoms with Crippen LogP contribution < -0.4 is 5.32 Å². The van der Waals surface area contributed by atoms with Crippen LogP contribution in [0.1, 0.15) is 20.9 Å². The molecule has 0 spiro atoms. The van der Waals surface area contributed by atoms with Gasteiger partial charge in [0.1, 0.15) is 5.01 Å². The molecule has 0 bridgehead atoms. The summed E-state index contributed by atoms with van der Waals surface area (Å²) in [5.74, 6) is -0.203. The molecule has 0 fully saturated rings. The van der Waals surface area contributed by atoms with Crippen LogP contribution in [0.2, 0.25) is 0 Å². The predicted octanol–water partition coefficient (Wildman–Crippen LogP) is 1.60. The summed E-state index contributed by atoms with van der Waals surface area (Å²) in [6.45, 7) is 2.78. The first-order valence-corrected chi connectivity index (χ1v) is 7.07. The lowest BCUT2D eigenvalue weighted by Crippen LogP contribution is -2.14. The highest BCUT2D eigenvalue weighted by Gasteiger charge is 2.12. The molecule has 7 heteroatoms. The van der Waals surface area contributed by atoms with Crippen LogP contribution in [0.5, 0.6) is 0 Å². The van der Waals surface area contributed by atoms with Crippen molar-refractivity contribution in [1.29, 1.82) is 0 Å². The molecule has 0 saturated heterocycles. The highest BCUT2D eigenvalue weighted by Crippen LogP contribution is 2.17. The van der Waals surface area contributed by atoms with E-state index < -0.39 is 0 Å². The second kappa shape index (κ2) is 6.53. The molecule has 0 unspecified atom stereocenters. The molecule has 0 radical (unpaired) electrons. The number of amides is 1. The van der Waals surface area contributed by atoms with E-state index in [9.17, 15) is 4.79 Å². The van der Waals surface area contributed by atoms with E-state index in [2.05, 4.69) is 25.4 Å². The van der Waals surface area contributed by atoms with Crippen LogP contribution in [-0.2, 0) is 6.42 Å². The van der Waals surface area contributed by atoms with E-state index in [0.717, 1.165) is 23.5 Å². The first-order valence-electron chi connectivity index (χ1n) is 6.25. The minimum absolute atomic E-state index is 0.203. The van der Waals surface area contributed by atoms with Crippen LogP contribution >= 0.6 is 11.3 Å². The molecule has 20 heavy (non-hydrogen) atoms. The zero-order valence-electron chi connectivity index (χ0n) is 11.8. The fourth-order valence-corrected chi connectivity index (χ4v) is 2.31. The third kappa shape index (κ3) is 3.82. The molecule has 2 aromatic heterocycles. The number of carbonyl (C=O) groups is 1. The maximum absolute atomic E-state index is 12.1. The number of rotatable bonds is 5. The largest absolute Gasteiger partial charge is 0.309 e. The number of likely N-dealkylation sites (N-methyl/N-ethyl adjacent to an activating group) is 1. The zero-order chi connectivity index (χ0) is 14.5. The van der Waals surface area contributed by atoms with Crippen molar-refractivity contribution >= 4 is 22.4 Å². The highest BCUT2D eigenvalue weighted by atomic mass is 32.1. The molecule has 6 nitrogen and oxygen atoms in total. The van der Waals surface area contributed by atoms with Gasteiger partial charge in [-0.1, -0.05) is 11.3 Å². The van der Waals surface area contributed by atoms with E-state index in [-0.39, 0.29) is 5.91 Å². The molecule has 1 N–H and O–H groups in total. The Balaban J connectivity index is 2.00. The smallest absolute Gasteiger partial charge is 0.259 e. The van der Waals surface area contributed by atoms with Crippen molar-refractivity contribution < 1.29 is 4.79 Å². The van der Waals surface area contributed by atoms with E-state index in [4.69, 9.17) is 0 Å². The number of hydrogen-bond donors (Lipinski definition) is 1. The van der Waals surface area contributed by atoms with E-state index in [0.29, 0.717) is 10.7 Å². The van der Waals surface area contributed by atoms with E-state index in [1.54, 1.807) is 18.5 Å². The number of pyridine rings is 1. The molecule has 0 atom stereocenters. The van der Waals surface area contributed by atoms with Gasteiger partial charge in [-0.2, -0.15) is 0 Å². The van der Waals surface area contributed by atoms with Crippen LogP contribution in [0.4, 0.5) is 5.13 Å². The van der Waals surface area contributed by atoms with Crippen molar-refractivity contribution in [3.05, 3.63) is 34.6 Å². The molecular formula is C13H17N5OS. The maximum atomic E-state index is 12.1. The lowest BCUT2D eigenvalue weighted by Gasteiger charge is -2.06. The molecule has 0 aliphatic rings. The Hall–Kier alpha value is -1.86. The van der Waals surface area contributed by atoms with E-state index in [1.807, 2.05) is 21.0 Å². The molecule has 0 aliphatic carbocycles. The standard InChI is InChI=1S/C13H17N5OS/c1-9-4-6-14-8-10(9)12(19)15-13-17-16-11(20-13)5-7-18(2)3/h4,6,8H,5,7H2,1-3H3,(H,15,17,19). The fraction of sp³-hybridized carbons (Fsp3) is 0.385. The summed E-state index contributed by atoms with van der Waals surface area (Å²) in [4.78, 5) is 18.1. The molecule has 0 saturated carbocycles. The number of aromatic nitrogens is 3. The van der Waals surface area contributed by atoms with Crippen molar-refractivity contribution in [2.45, 2.75) is 13.3 Å². The lowest BCUT2D eigenvalue weighted by atomic mass is 10.1. The number of carbonyl (C=O) groups excluding carboxylic acids is 1. The summed E-state index contributed by atoms with van der Waals surface area (Å²) >= 11 is 1.40. The molecule has 2 heterocycles. The number of anilines is 1. The third-order valence-corrected chi connectivity index (χ3v) is 3.64. The molecule has 106 valence electrons. The lowest BCUT2D eigenvalue weighted by molar-refractivity contribution is 0.102. The number of nitrogens with one attached hydrogen (secondary N) is 1. The van der Waals surface area contributed by atoms with Gasteiger partial charge in [0, 0.05) is 25.4 Å². The first-order chi connectivity index (χ1) is 9.56. The van der Waals surface area contributed by atoms with Gasteiger partial charge in [-0.15, -0.1) is 10.2 Å². The number of aryl methyl sites for hydroxylation is 1. The molecule has 0 aliphatic heterocycles. The monoisotopic (exact) mass is 291 g/mol. The fourth-order valence-electron chi connectivity index (χ4n) is 1.59. The van der Waals surface area contributed by atoms with Gasteiger partial charge in [-0.3, -0.25) is 15.1 Å². The van der Waals surface area contributed by atoms with E-state index in [1.165, 1.54) is 11.3 Å². The Morgan fingerprint density at radius 1 is 1.40 bits per heavy atom. The normalized spacial score (nSPS) is 10.8. The zero-order valence-corrected chi connectivity index (χ0v) is 12.6. The predicted molar refractivity (Wildman–Crippen MR) is 79.1 cm³/mol. The van der Waals surface area contributed by atoms with Gasteiger partial charge in [-0.25, -0.2) is 0 Å². The maximum Gasteiger partial charge on any atom is 0.259 e. The summed E-state index contributed by atoms with van der Waals surface area (Å²) in [6, 6.07) is 1.80.